The van der Waals surface area contributed by atoms with Crippen LogP contribution in [0.3, 0.4) is 0 Å². The molecule has 2 fully saturated rings. The lowest BCUT2D eigenvalue weighted by molar-refractivity contribution is -0.127. The average Bonchev–Trinajstić information content (AvgIpc) is 2.19. The Balaban J connectivity index is 1.92. The van der Waals surface area contributed by atoms with Crippen LogP contribution >= 0.6 is 0 Å². The summed E-state index contributed by atoms with van der Waals surface area (Å²) in [6, 6.07) is 0.383. The molecule has 2 rings (SSSR count). The molecule has 0 radical (unpaired) electrons. The van der Waals surface area contributed by atoms with Gasteiger partial charge in [0.15, 0.2) is 0 Å². The minimum atomic E-state index is 0.0894. The summed E-state index contributed by atoms with van der Waals surface area (Å²) in [5, 5.41) is 6.40. The molecule has 0 aromatic carbocycles. The van der Waals surface area contributed by atoms with Gasteiger partial charge in [-0.3, -0.25) is 4.79 Å². The number of piperazine rings is 1. The van der Waals surface area contributed by atoms with Crippen LogP contribution in [0.15, 0.2) is 0 Å². The Hall–Kier alpha value is -0.570. The molecule has 2 unspecified atom stereocenters. The highest BCUT2D eigenvalue weighted by Gasteiger charge is 2.32. The van der Waals surface area contributed by atoms with Gasteiger partial charge in [0, 0.05) is 12.6 Å². The summed E-state index contributed by atoms with van der Waals surface area (Å²) in [6.45, 7) is 2.97. The average molecular weight is 196 g/mol. The van der Waals surface area contributed by atoms with Crippen LogP contribution in [0.25, 0.3) is 0 Å². The Morgan fingerprint density at radius 3 is 2.57 bits per heavy atom. The third-order valence-electron chi connectivity index (χ3n) is 3.44. The van der Waals surface area contributed by atoms with Gasteiger partial charge in [0.1, 0.15) is 0 Å². The fraction of sp³-hybridized carbons (Fsp3) is 0.909. The van der Waals surface area contributed by atoms with Crippen LogP contribution in [-0.4, -0.2) is 24.5 Å². The second-order valence-electron chi connectivity index (χ2n) is 4.69. The fourth-order valence-electron chi connectivity index (χ4n) is 2.63. The van der Waals surface area contributed by atoms with Gasteiger partial charge < -0.3 is 10.6 Å². The van der Waals surface area contributed by atoms with Gasteiger partial charge >= 0.3 is 0 Å². The lowest BCUT2D eigenvalue weighted by atomic mass is 9.83. The molecule has 0 bridgehead atoms. The Kier molecular flexibility index (Phi) is 3.06. The molecule has 3 nitrogen and oxygen atoms in total. The first-order valence-electron chi connectivity index (χ1n) is 5.81. The van der Waals surface area contributed by atoms with Crippen LogP contribution in [0.2, 0.25) is 0 Å². The summed E-state index contributed by atoms with van der Waals surface area (Å²) in [6.07, 6.45) is 6.39. The van der Waals surface area contributed by atoms with E-state index >= 15 is 0 Å². The van der Waals surface area contributed by atoms with Crippen molar-refractivity contribution in [1.29, 1.82) is 0 Å². The van der Waals surface area contributed by atoms with E-state index in [1.807, 2.05) is 6.92 Å². The van der Waals surface area contributed by atoms with E-state index in [2.05, 4.69) is 10.6 Å². The predicted octanol–water partition coefficient (Wildman–Crippen LogP) is 1.04. The highest BCUT2D eigenvalue weighted by atomic mass is 16.2. The second kappa shape index (κ2) is 4.30. The summed E-state index contributed by atoms with van der Waals surface area (Å²) in [7, 11) is 0. The van der Waals surface area contributed by atoms with E-state index in [1.165, 1.54) is 32.1 Å². The van der Waals surface area contributed by atoms with E-state index in [1.54, 1.807) is 0 Å². The third-order valence-corrected chi connectivity index (χ3v) is 3.44. The second-order valence-corrected chi connectivity index (χ2v) is 4.69. The highest BCUT2D eigenvalue weighted by Crippen LogP contribution is 2.27. The summed E-state index contributed by atoms with van der Waals surface area (Å²) in [4.78, 5) is 11.7. The molecule has 1 heterocycles. The van der Waals surface area contributed by atoms with Crippen LogP contribution < -0.4 is 10.6 Å². The Bertz CT molecular complexity index is 211. The van der Waals surface area contributed by atoms with Crippen molar-refractivity contribution in [3.8, 4) is 0 Å². The molecule has 1 aliphatic carbocycles. The molecule has 3 heteroatoms. The zero-order valence-corrected chi connectivity index (χ0v) is 8.88. The predicted molar refractivity (Wildman–Crippen MR) is 56.0 cm³/mol. The van der Waals surface area contributed by atoms with Crippen LogP contribution in [0, 0.1) is 5.92 Å². The number of rotatable bonds is 1. The SMILES string of the molecule is CC1CNC(C2CCCCC2)C(=O)N1. The zero-order valence-electron chi connectivity index (χ0n) is 8.88. The quantitative estimate of drug-likeness (QED) is 0.658. The van der Waals surface area contributed by atoms with Gasteiger partial charge in [0.25, 0.3) is 0 Å². The molecule has 1 amide bonds. The van der Waals surface area contributed by atoms with Crippen molar-refractivity contribution < 1.29 is 4.79 Å². The van der Waals surface area contributed by atoms with E-state index in [-0.39, 0.29) is 11.9 Å². The molecule has 1 aliphatic heterocycles. The highest BCUT2D eigenvalue weighted by molar-refractivity contribution is 5.83. The van der Waals surface area contributed by atoms with Crippen molar-refractivity contribution in [3.63, 3.8) is 0 Å². The molecule has 80 valence electrons. The Labute approximate surface area is 85.6 Å². The number of hydrogen-bond acceptors (Lipinski definition) is 2. The molecule has 14 heavy (non-hydrogen) atoms. The molecule has 0 aromatic heterocycles. The summed E-state index contributed by atoms with van der Waals surface area (Å²) in [5.41, 5.74) is 0. The van der Waals surface area contributed by atoms with Crippen molar-refractivity contribution in [2.75, 3.05) is 6.54 Å². The number of amides is 1. The molecular formula is C11H20N2O. The van der Waals surface area contributed by atoms with Crippen LogP contribution in [0.4, 0.5) is 0 Å². The first-order chi connectivity index (χ1) is 6.77. The van der Waals surface area contributed by atoms with Crippen molar-refractivity contribution in [2.45, 2.75) is 51.1 Å². The lowest BCUT2D eigenvalue weighted by Crippen LogP contribution is -2.59. The maximum absolute atomic E-state index is 11.7. The van der Waals surface area contributed by atoms with E-state index in [4.69, 9.17) is 0 Å². The van der Waals surface area contributed by atoms with Gasteiger partial charge in [-0.2, -0.15) is 0 Å². The number of carbonyl (C=O) groups is 1. The monoisotopic (exact) mass is 196 g/mol. The van der Waals surface area contributed by atoms with Crippen molar-refractivity contribution in [3.05, 3.63) is 0 Å². The van der Waals surface area contributed by atoms with Crippen LogP contribution in [0.5, 0.6) is 0 Å². The van der Waals surface area contributed by atoms with Gasteiger partial charge in [-0.15, -0.1) is 0 Å². The van der Waals surface area contributed by atoms with Gasteiger partial charge in [-0.1, -0.05) is 19.3 Å². The molecular weight excluding hydrogens is 176 g/mol. The Morgan fingerprint density at radius 2 is 1.93 bits per heavy atom. The van der Waals surface area contributed by atoms with Crippen molar-refractivity contribution >= 4 is 5.91 Å². The Morgan fingerprint density at radius 1 is 1.21 bits per heavy atom. The van der Waals surface area contributed by atoms with E-state index in [0.29, 0.717) is 12.0 Å². The van der Waals surface area contributed by atoms with Crippen molar-refractivity contribution in [2.24, 2.45) is 5.92 Å². The summed E-state index contributed by atoms with van der Waals surface area (Å²) < 4.78 is 0. The van der Waals surface area contributed by atoms with E-state index < -0.39 is 0 Å². The molecule has 1 saturated heterocycles. The largest absolute Gasteiger partial charge is 0.351 e. The molecule has 2 atom stereocenters. The summed E-state index contributed by atoms with van der Waals surface area (Å²) >= 11 is 0. The molecule has 0 aromatic rings. The maximum Gasteiger partial charge on any atom is 0.237 e. The van der Waals surface area contributed by atoms with Crippen LogP contribution in [-0.2, 0) is 4.79 Å². The standard InChI is InChI=1S/C11H20N2O/c1-8-7-12-10(11(14)13-8)9-5-3-2-4-6-9/h8-10,12H,2-7H2,1H3,(H,13,14). The van der Waals surface area contributed by atoms with Gasteiger partial charge in [-0.05, 0) is 25.7 Å². The van der Waals surface area contributed by atoms with Gasteiger partial charge in [-0.25, -0.2) is 0 Å². The first-order valence-corrected chi connectivity index (χ1v) is 5.81. The molecule has 2 N–H and O–H groups in total. The lowest BCUT2D eigenvalue weighted by Gasteiger charge is -2.35. The van der Waals surface area contributed by atoms with E-state index in [9.17, 15) is 4.79 Å². The molecule has 0 spiro atoms. The first kappa shape index (κ1) is 9.97. The van der Waals surface area contributed by atoms with Gasteiger partial charge in [0.05, 0.1) is 6.04 Å². The zero-order chi connectivity index (χ0) is 9.97. The number of nitrogens with one attached hydrogen (secondary N) is 2. The third kappa shape index (κ3) is 2.08. The fourth-order valence-corrected chi connectivity index (χ4v) is 2.63. The van der Waals surface area contributed by atoms with Gasteiger partial charge in [0.2, 0.25) is 5.91 Å². The smallest absolute Gasteiger partial charge is 0.237 e. The van der Waals surface area contributed by atoms with Crippen LogP contribution in [0.1, 0.15) is 39.0 Å². The molecule has 1 saturated carbocycles. The number of carbonyl (C=O) groups excluding carboxylic acids is 1. The topological polar surface area (TPSA) is 41.1 Å². The van der Waals surface area contributed by atoms with E-state index in [0.717, 1.165) is 6.54 Å². The minimum Gasteiger partial charge on any atom is -0.351 e. The van der Waals surface area contributed by atoms with Crippen molar-refractivity contribution in [1.82, 2.24) is 10.6 Å². The number of hydrogen-bond donors (Lipinski definition) is 2. The summed E-state index contributed by atoms with van der Waals surface area (Å²) in [5.74, 6) is 0.798. The normalized spacial score (nSPS) is 35.4. The maximum atomic E-state index is 11.7. The minimum absolute atomic E-state index is 0.0894. The molecule has 2 aliphatic rings.